The molecule has 0 atom stereocenters. The van der Waals surface area contributed by atoms with Crippen molar-refractivity contribution in [3.05, 3.63) is 52.5 Å². The molecule has 0 unspecified atom stereocenters. The van der Waals surface area contributed by atoms with E-state index in [-0.39, 0.29) is 16.5 Å². The van der Waals surface area contributed by atoms with Crippen molar-refractivity contribution in [1.29, 1.82) is 0 Å². The van der Waals surface area contributed by atoms with Gasteiger partial charge in [-0.1, -0.05) is 23.7 Å². The predicted octanol–water partition coefficient (Wildman–Crippen LogP) is 3.19. The van der Waals surface area contributed by atoms with Crippen LogP contribution in [0.1, 0.15) is 11.1 Å². The van der Waals surface area contributed by atoms with Crippen molar-refractivity contribution in [1.82, 2.24) is 4.72 Å². The first-order valence-electron chi connectivity index (χ1n) is 7.34. The molecule has 0 fully saturated rings. The molecular weight excluding hydrogens is 350 g/mol. The summed E-state index contributed by atoms with van der Waals surface area (Å²) in [5.74, 6) is 1.24. The number of methoxy groups -OCH3 is 2. The van der Waals surface area contributed by atoms with Gasteiger partial charge < -0.3 is 9.47 Å². The van der Waals surface area contributed by atoms with E-state index in [4.69, 9.17) is 21.1 Å². The molecular formula is C17H20ClNO4S. The van der Waals surface area contributed by atoms with Gasteiger partial charge in [-0.15, -0.1) is 0 Å². The molecule has 130 valence electrons. The van der Waals surface area contributed by atoms with E-state index in [2.05, 4.69) is 4.72 Å². The molecule has 0 aliphatic carbocycles. The summed E-state index contributed by atoms with van der Waals surface area (Å²) in [6.07, 6.45) is 0.517. The second-order valence-corrected chi connectivity index (χ2v) is 7.41. The van der Waals surface area contributed by atoms with E-state index in [1.54, 1.807) is 32.4 Å². The number of nitrogens with one attached hydrogen (secondary N) is 1. The van der Waals surface area contributed by atoms with Gasteiger partial charge in [0, 0.05) is 6.54 Å². The van der Waals surface area contributed by atoms with Gasteiger partial charge in [0.1, 0.15) is 4.90 Å². The zero-order valence-electron chi connectivity index (χ0n) is 13.8. The van der Waals surface area contributed by atoms with Crippen LogP contribution in [0.3, 0.4) is 0 Å². The molecule has 2 rings (SSSR count). The van der Waals surface area contributed by atoms with Crippen LogP contribution in [0.2, 0.25) is 5.02 Å². The van der Waals surface area contributed by atoms with Crippen molar-refractivity contribution in [3.8, 4) is 11.5 Å². The van der Waals surface area contributed by atoms with Crippen LogP contribution in [-0.4, -0.2) is 29.2 Å². The normalized spacial score (nSPS) is 11.3. The number of aryl methyl sites for hydroxylation is 1. The highest BCUT2D eigenvalue weighted by Crippen LogP contribution is 2.27. The fourth-order valence-electron chi connectivity index (χ4n) is 2.27. The van der Waals surface area contributed by atoms with Gasteiger partial charge >= 0.3 is 0 Å². The van der Waals surface area contributed by atoms with E-state index >= 15 is 0 Å². The fraction of sp³-hybridized carbons (Fsp3) is 0.294. The second-order valence-electron chi connectivity index (χ2n) is 5.27. The van der Waals surface area contributed by atoms with Crippen molar-refractivity contribution >= 4 is 21.6 Å². The topological polar surface area (TPSA) is 64.6 Å². The van der Waals surface area contributed by atoms with Gasteiger partial charge in [0.05, 0.1) is 19.2 Å². The first kappa shape index (κ1) is 18.6. The van der Waals surface area contributed by atoms with Crippen molar-refractivity contribution in [2.45, 2.75) is 18.2 Å². The Morgan fingerprint density at radius 3 is 2.38 bits per heavy atom. The Hall–Kier alpha value is -1.76. The van der Waals surface area contributed by atoms with Crippen molar-refractivity contribution < 1.29 is 17.9 Å². The summed E-state index contributed by atoms with van der Waals surface area (Å²) in [6, 6.07) is 10.3. The van der Waals surface area contributed by atoms with E-state index in [0.29, 0.717) is 17.9 Å². The van der Waals surface area contributed by atoms with Crippen LogP contribution in [0.15, 0.2) is 41.3 Å². The van der Waals surface area contributed by atoms with E-state index in [0.717, 1.165) is 11.1 Å². The number of hydrogen-bond donors (Lipinski definition) is 1. The molecule has 2 aromatic rings. The molecule has 1 N–H and O–H groups in total. The molecule has 24 heavy (non-hydrogen) atoms. The van der Waals surface area contributed by atoms with Crippen LogP contribution in [-0.2, 0) is 16.4 Å². The summed E-state index contributed by atoms with van der Waals surface area (Å²) in [5, 5.41) is 0.216. The summed E-state index contributed by atoms with van der Waals surface area (Å²) >= 11 is 6.03. The Morgan fingerprint density at radius 2 is 1.75 bits per heavy atom. The lowest BCUT2D eigenvalue weighted by molar-refractivity contribution is 0.354. The third kappa shape index (κ3) is 4.41. The molecule has 0 bridgehead atoms. The highest BCUT2D eigenvalue weighted by atomic mass is 35.5. The van der Waals surface area contributed by atoms with Gasteiger partial charge in [0.15, 0.2) is 11.5 Å². The lowest BCUT2D eigenvalue weighted by atomic mass is 10.1. The van der Waals surface area contributed by atoms with Crippen LogP contribution in [0.4, 0.5) is 0 Å². The Labute approximate surface area is 147 Å². The molecule has 0 amide bonds. The minimum Gasteiger partial charge on any atom is -0.493 e. The molecule has 0 aliphatic heterocycles. The quantitative estimate of drug-likeness (QED) is 0.814. The van der Waals surface area contributed by atoms with Gasteiger partial charge in [0.2, 0.25) is 10.0 Å². The van der Waals surface area contributed by atoms with E-state index in [9.17, 15) is 8.42 Å². The summed E-state index contributed by atoms with van der Waals surface area (Å²) in [6.45, 7) is 2.11. The Morgan fingerprint density at radius 1 is 1.04 bits per heavy atom. The van der Waals surface area contributed by atoms with Crippen molar-refractivity contribution in [2.24, 2.45) is 0 Å². The second kappa shape index (κ2) is 7.88. The molecule has 2 aromatic carbocycles. The lowest BCUT2D eigenvalue weighted by Gasteiger charge is -2.11. The van der Waals surface area contributed by atoms with Crippen LogP contribution < -0.4 is 14.2 Å². The molecule has 0 spiro atoms. The predicted molar refractivity (Wildman–Crippen MR) is 94.6 cm³/mol. The van der Waals surface area contributed by atoms with Crippen molar-refractivity contribution in [3.63, 3.8) is 0 Å². The average molecular weight is 370 g/mol. The molecule has 0 aliphatic rings. The maximum atomic E-state index is 12.3. The number of sulfonamides is 1. The minimum absolute atomic E-state index is 0.0853. The zero-order valence-corrected chi connectivity index (χ0v) is 15.4. The van der Waals surface area contributed by atoms with Gasteiger partial charge in [-0.3, -0.25) is 0 Å². The molecule has 0 saturated heterocycles. The highest BCUT2D eigenvalue weighted by Gasteiger charge is 2.17. The van der Waals surface area contributed by atoms with Gasteiger partial charge in [0.25, 0.3) is 0 Å². The minimum atomic E-state index is -3.64. The molecule has 0 heterocycles. The Balaban J connectivity index is 2.05. The molecule has 0 saturated carbocycles. The molecule has 0 radical (unpaired) electrons. The van der Waals surface area contributed by atoms with Crippen LogP contribution in [0.25, 0.3) is 0 Å². The van der Waals surface area contributed by atoms with E-state index < -0.39 is 10.0 Å². The molecule has 5 nitrogen and oxygen atoms in total. The Bertz CT molecular complexity index is 821. The van der Waals surface area contributed by atoms with Crippen LogP contribution >= 0.6 is 11.6 Å². The van der Waals surface area contributed by atoms with Gasteiger partial charge in [-0.2, -0.15) is 0 Å². The molecule has 7 heteroatoms. The number of ether oxygens (including phenoxy) is 2. The summed E-state index contributed by atoms with van der Waals surface area (Å²) in [5.41, 5.74) is 1.84. The third-order valence-electron chi connectivity index (χ3n) is 3.53. The number of hydrogen-bond acceptors (Lipinski definition) is 4. The van der Waals surface area contributed by atoms with Gasteiger partial charge in [-0.05, 0) is 48.7 Å². The SMILES string of the molecule is COc1ccc(CCNS(=O)(=O)c2ccc(C)cc2Cl)cc1OC. The zero-order chi connectivity index (χ0) is 17.7. The van der Waals surface area contributed by atoms with Crippen molar-refractivity contribution in [2.75, 3.05) is 20.8 Å². The van der Waals surface area contributed by atoms with Crippen LogP contribution in [0, 0.1) is 6.92 Å². The van der Waals surface area contributed by atoms with E-state index in [1.807, 2.05) is 19.1 Å². The fourth-order valence-corrected chi connectivity index (χ4v) is 3.90. The average Bonchev–Trinajstić information content (AvgIpc) is 2.54. The van der Waals surface area contributed by atoms with Gasteiger partial charge in [-0.25, -0.2) is 13.1 Å². The molecule has 0 aromatic heterocycles. The Kier molecular flexibility index (Phi) is 6.10. The first-order chi connectivity index (χ1) is 11.4. The monoisotopic (exact) mass is 369 g/mol. The number of benzene rings is 2. The number of halogens is 1. The van der Waals surface area contributed by atoms with Crippen LogP contribution in [0.5, 0.6) is 11.5 Å². The first-order valence-corrected chi connectivity index (χ1v) is 9.20. The van der Waals surface area contributed by atoms with E-state index in [1.165, 1.54) is 6.07 Å². The summed E-state index contributed by atoms with van der Waals surface area (Å²) < 4.78 is 37.7. The maximum Gasteiger partial charge on any atom is 0.242 e. The smallest absolute Gasteiger partial charge is 0.242 e. The summed E-state index contributed by atoms with van der Waals surface area (Å²) in [7, 11) is -0.519. The lowest BCUT2D eigenvalue weighted by Crippen LogP contribution is -2.26. The summed E-state index contributed by atoms with van der Waals surface area (Å²) in [4.78, 5) is 0.0853. The third-order valence-corrected chi connectivity index (χ3v) is 5.47. The standard InChI is InChI=1S/C17H20ClNO4S/c1-12-4-7-17(14(18)10-12)24(20,21)19-9-8-13-5-6-15(22-2)16(11-13)23-3/h4-7,10-11,19H,8-9H2,1-3H3. The number of rotatable bonds is 7. The largest absolute Gasteiger partial charge is 0.493 e. The maximum absolute atomic E-state index is 12.3. The highest BCUT2D eigenvalue weighted by molar-refractivity contribution is 7.89.